The van der Waals surface area contributed by atoms with Crippen LogP contribution in [-0.4, -0.2) is 62.9 Å². The molecule has 4 N–H and O–H groups in total. The molecule has 4 rings (SSSR count). The molecule has 42 heavy (non-hydrogen) atoms. The van der Waals surface area contributed by atoms with E-state index in [1.165, 1.54) is 29.9 Å². The highest BCUT2D eigenvalue weighted by Crippen LogP contribution is 2.33. The maximum absolute atomic E-state index is 13.6. The number of hydrogen-bond acceptors (Lipinski definition) is 6. The van der Waals surface area contributed by atoms with Crippen molar-refractivity contribution in [2.75, 3.05) is 37.4 Å². The number of nitrogens with one attached hydrogen (secondary N) is 2. The molecule has 0 saturated heterocycles. The molecule has 1 aliphatic carbocycles. The molecule has 0 spiro atoms. The molecule has 0 unspecified atom stereocenters. The van der Waals surface area contributed by atoms with Gasteiger partial charge in [0, 0.05) is 29.2 Å². The average Bonchev–Trinajstić information content (AvgIpc) is 3.28. The molecule has 2 aromatic carbocycles. The third-order valence-electron chi connectivity index (χ3n) is 7.75. The summed E-state index contributed by atoms with van der Waals surface area (Å²) in [5.74, 6) is 6.03. The van der Waals surface area contributed by atoms with Crippen LogP contribution in [0.2, 0.25) is 0 Å². The average molecular weight is 606 g/mol. The van der Waals surface area contributed by atoms with Crippen LogP contribution in [-0.2, 0) is 16.6 Å². The van der Waals surface area contributed by atoms with Gasteiger partial charge >= 0.3 is 6.18 Å². The Hall–Kier alpha value is -3.40. The van der Waals surface area contributed by atoms with E-state index >= 15 is 0 Å². The Morgan fingerprint density at radius 2 is 1.79 bits per heavy atom. The van der Waals surface area contributed by atoms with Crippen LogP contribution < -0.4 is 20.5 Å². The maximum Gasteiger partial charge on any atom is 0.406 e. The van der Waals surface area contributed by atoms with Gasteiger partial charge in [0.2, 0.25) is 10.0 Å². The fourth-order valence-electron chi connectivity index (χ4n) is 5.68. The third kappa shape index (κ3) is 7.70. The number of fused-ring (bicyclic) bond motifs is 1. The first-order chi connectivity index (χ1) is 19.9. The monoisotopic (exact) mass is 605 g/mol. The van der Waals surface area contributed by atoms with E-state index in [4.69, 9.17) is 9.88 Å². The minimum Gasteiger partial charge on any atom is -0.495 e. The molecular formula is C30H38F3N5O3S. The molecule has 0 bridgehead atoms. The minimum atomic E-state index is -4.43. The molecule has 0 atom stereocenters. The number of primary sulfonamides is 1. The van der Waals surface area contributed by atoms with Crippen molar-refractivity contribution in [1.29, 1.82) is 0 Å². The van der Waals surface area contributed by atoms with Crippen molar-refractivity contribution in [3.8, 4) is 17.6 Å². The fourth-order valence-corrected chi connectivity index (χ4v) is 6.21. The SMILES string of the molecule is CCN(CC)[C@H]1CC[C@H](Nc2cccc3c2cc(C#CCNc2ccc(S(N)(=O)=O)cc2OC)n3CC(F)(F)F)CC1. The highest BCUT2D eigenvalue weighted by atomic mass is 32.2. The molecule has 0 aliphatic heterocycles. The second kappa shape index (κ2) is 13.3. The number of aromatic nitrogens is 1. The van der Waals surface area contributed by atoms with E-state index in [2.05, 4.69) is 41.2 Å². The van der Waals surface area contributed by atoms with E-state index < -0.39 is 22.7 Å². The second-order valence-electron chi connectivity index (χ2n) is 10.4. The predicted octanol–water partition coefficient (Wildman–Crippen LogP) is 5.39. The van der Waals surface area contributed by atoms with Crippen molar-refractivity contribution in [2.45, 2.75) is 69.2 Å². The molecule has 8 nitrogen and oxygen atoms in total. The van der Waals surface area contributed by atoms with Crippen LogP contribution in [0.25, 0.3) is 10.9 Å². The van der Waals surface area contributed by atoms with Gasteiger partial charge in [0.1, 0.15) is 12.3 Å². The number of halogens is 3. The van der Waals surface area contributed by atoms with Crippen molar-refractivity contribution in [2.24, 2.45) is 5.14 Å². The smallest absolute Gasteiger partial charge is 0.406 e. The molecule has 0 amide bonds. The zero-order chi connectivity index (χ0) is 30.5. The van der Waals surface area contributed by atoms with Gasteiger partial charge in [-0.05, 0) is 75.0 Å². The van der Waals surface area contributed by atoms with Crippen molar-refractivity contribution in [1.82, 2.24) is 9.47 Å². The van der Waals surface area contributed by atoms with Gasteiger partial charge in [-0.15, -0.1) is 0 Å². The van der Waals surface area contributed by atoms with Crippen LogP contribution in [0.15, 0.2) is 47.4 Å². The molecule has 228 valence electrons. The molecule has 1 heterocycles. The number of ether oxygens (including phenoxy) is 1. The lowest BCUT2D eigenvalue weighted by Gasteiger charge is -2.36. The molecule has 0 radical (unpaired) electrons. The van der Waals surface area contributed by atoms with E-state index in [9.17, 15) is 21.6 Å². The number of benzene rings is 2. The minimum absolute atomic E-state index is 0.0828. The Labute approximate surface area is 245 Å². The van der Waals surface area contributed by atoms with Crippen molar-refractivity contribution < 1.29 is 26.3 Å². The first kappa shape index (κ1) is 31.5. The van der Waals surface area contributed by atoms with Gasteiger partial charge in [0.25, 0.3) is 0 Å². The van der Waals surface area contributed by atoms with Crippen molar-refractivity contribution in [3.63, 3.8) is 0 Å². The van der Waals surface area contributed by atoms with Gasteiger partial charge in [0.05, 0.1) is 35.4 Å². The number of alkyl halides is 3. The molecule has 1 saturated carbocycles. The highest BCUT2D eigenvalue weighted by Gasteiger charge is 2.30. The quantitative estimate of drug-likeness (QED) is 0.268. The summed E-state index contributed by atoms with van der Waals surface area (Å²) in [5, 5.41) is 12.5. The van der Waals surface area contributed by atoms with E-state index in [0.717, 1.165) is 44.5 Å². The number of methoxy groups -OCH3 is 1. The van der Waals surface area contributed by atoms with Crippen LogP contribution in [0, 0.1) is 11.8 Å². The molecule has 1 aliphatic rings. The van der Waals surface area contributed by atoms with Crippen LogP contribution in [0.5, 0.6) is 5.75 Å². The summed E-state index contributed by atoms with van der Waals surface area (Å²) in [5.41, 5.74) is 1.99. The van der Waals surface area contributed by atoms with E-state index in [0.29, 0.717) is 22.6 Å². The first-order valence-corrected chi connectivity index (χ1v) is 15.6. The Kier molecular flexibility index (Phi) is 9.97. The summed E-state index contributed by atoms with van der Waals surface area (Å²) < 4.78 is 70.5. The Morgan fingerprint density at radius 1 is 1.07 bits per heavy atom. The van der Waals surface area contributed by atoms with Gasteiger partial charge in [-0.2, -0.15) is 13.2 Å². The zero-order valence-corrected chi connectivity index (χ0v) is 24.9. The Bertz CT molecular complexity index is 1550. The summed E-state index contributed by atoms with van der Waals surface area (Å²) >= 11 is 0. The number of hydrogen-bond donors (Lipinski definition) is 3. The predicted molar refractivity (Wildman–Crippen MR) is 160 cm³/mol. The number of nitrogens with zero attached hydrogens (tertiary/aromatic N) is 2. The van der Waals surface area contributed by atoms with Crippen molar-refractivity contribution >= 4 is 32.3 Å². The Balaban J connectivity index is 1.55. The number of rotatable bonds is 10. The van der Waals surface area contributed by atoms with Gasteiger partial charge in [-0.1, -0.05) is 25.8 Å². The molecular weight excluding hydrogens is 567 g/mol. The van der Waals surface area contributed by atoms with Gasteiger partial charge in [0.15, 0.2) is 0 Å². The van der Waals surface area contributed by atoms with E-state index in [-0.39, 0.29) is 28.9 Å². The van der Waals surface area contributed by atoms with Gasteiger partial charge < -0.3 is 24.8 Å². The lowest BCUT2D eigenvalue weighted by molar-refractivity contribution is -0.140. The maximum atomic E-state index is 13.6. The standard InChI is InChI=1S/C30H38F3N5O3S/c1-4-37(5-2)22-13-11-21(12-14-22)36-26-9-6-10-28-25(26)18-23(38(28)20-30(31,32)33)8-7-17-35-27-16-15-24(42(34,39)40)19-29(27)41-3/h6,9-10,15-16,18-19,21-22,35-36H,4-5,11-14,17,20H2,1-3H3,(H2,34,39,40)/t21-,22-. The van der Waals surface area contributed by atoms with Gasteiger partial charge in [-0.3, -0.25) is 0 Å². The van der Waals surface area contributed by atoms with E-state index in [1.54, 1.807) is 18.2 Å². The highest BCUT2D eigenvalue weighted by molar-refractivity contribution is 7.89. The topological polar surface area (TPSA) is 102 Å². The van der Waals surface area contributed by atoms with E-state index in [1.807, 2.05) is 6.07 Å². The number of nitrogens with two attached hydrogens (primary N) is 1. The van der Waals surface area contributed by atoms with Crippen LogP contribution in [0.4, 0.5) is 24.5 Å². The second-order valence-corrected chi connectivity index (χ2v) is 12.0. The summed E-state index contributed by atoms with van der Waals surface area (Å²) in [7, 11) is -2.52. The number of anilines is 2. The summed E-state index contributed by atoms with van der Waals surface area (Å²) in [6.45, 7) is 5.35. The van der Waals surface area contributed by atoms with Gasteiger partial charge in [-0.25, -0.2) is 13.6 Å². The first-order valence-electron chi connectivity index (χ1n) is 14.1. The molecule has 1 aromatic heterocycles. The van der Waals surface area contributed by atoms with Crippen LogP contribution in [0.1, 0.15) is 45.2 Å². The zero-order valence-electron chi connectivity index (χ0n) is 24.1. The fraction of sp³-hybridized carbons (Fsp3) is 0.467. The largest absolute Gasteiger partial charge is 0.495 e. The van der Waals surface area contributed by atoms with Crippen molar-refractivity contribution in [3.05, 3.63) is 48.2 Å². The Morgan fingerprint density at radius 3 is 2.40 bits per heavy atom. The number of sulfonamides is 1. The normalized spacial score (nSPS) is 17.6. The molecule has 3 aromatic rings. The summed E-state index contributed by atoms with van der Waals surface area (Å²) in [4.78, 5) is 2.39. The lowest BCUT2D eigenvalue weighted by Crippen LogP contribution is -2.40. The molecule has 1 fully saturated rings. The van der Waals surface area contributed by atoms with Crippen LogP contribution in [0.3, 0.4) is 0 Å². The lowest BCUT2D eigenvalue weighted by atomic mass is 9.90. The summed E-state index contributed by atoms with van der Waals surface area (Å²) in [6.07, 6.45) is -0.250. The summed E-state index contributed by atoms with van der Waals surface area (Å²) in [6, 6.07) is 12.0. The third-order valence-corrected chi connectivity index (χ3v) is 8.66. The molecule has 12 heteroatoms. The van der Waals surface area contributed by atoms with Crippen LogP contribution >= 0.6 is 0 Å².